The van der Waals surface area contributed by atoms with Crippen LogP contribution in [0, 0.1) is 17.8 Å². The molecule has 0 heterocycles. The van der Waals surface area contributed by atoms with Crippen LogP contribution in [0.2, 0.25) is 0 Å². The third kappa shape index (κ3) is 5.95. The van der Waals surface area contributed by atoms with E-state index in [4.69, 9.17) is 4.74 Å². The summed E-state index contributed by atoms with van der Waals surface area (Å²) in [6.07, 6.45) is -0.522. The molecule has 2 aromatic rings. The van der Waals surface area contributed by atoms with Crippen LogP contribution >= 0.6 is 0 Å². The summed E-state index contributed by atoms with van der Waals surface area (Å²) in [5, 5.41) is 14.8. The van der Waals surface area contributed by atoms with Crippen LogP contribution in [0.4, 0.5) is 4.79 Å². The van der Waals surface area contributed by atoms with Gasteiger partial charge in [-0.1, -0.05) is 76.2 Å². The van der Waals surface area contributed by atoms with E-state index in [-0.39, 0.29) is 43.2 Å². The number of rotatable bonds is 10. The lowest BCUT2D eigenvalue weighted by atomic mass is 9.95. The Bertz CT molecular complexity index is 988. The molecule has 0 fully saturated rings. The molecule has 1 aliphatic rings. The highest BCUT2D eigenvalue weighted by atomic mass is 16.5. The van der Waals surface area contributed by atoms with E-state index in [1.165, 1.54) is 0 Å². The van der Waals surface area contributed by atoms with Crippen molar-refractivity contribution in [2.24, 2.45) is 17.8 Å². The monoisotopic (exact) mass is 466 g/mol. The molecule has 1 unspecified atom stereocenters. The number of carbonyl (C=O) groups is 3. The smallest absolute Gasteiger partial charge is 0.407 e. The predicted octanol–water partition coefficient (Wildman–Crippen LogP) is 4.41. The number of benzene rings is 2. The Kier molecular flexibility index (Phi) is 8.31. The number of fused-ring (bicyclic) bond motifs is 3. The van der Waals surface area contributed by atoms with Crippen molar-refractivity contribution in [3.8, 4) is 11.1 Å². The summed E-state index contributed by atoms with van der Waals surface area (Å²) in [6.45, 7) is 7.69. The Morgan fingerprint density at radius 1 is 0.912 bits per heavy atom. The van der Waals surface area contributed by atoms with E-state index in [1.54, 1.807) is 13.8 Å². The lowest BCUT2D eigenvalue weighted by Gasteiger charge is -2.23. The van der Waals surface area contributed by atoms with Gasteiger partial charge in [0.2, 0.25) is 5.91 Å². The summed E-state index contributed by atoms with van der Waals surface area (Å²) < 4.78 is 5.60. The Balaban J connectivity index is 1.56. The van der Waals surface area contributed by atoms with Crippen LogP contribution in [0.1, 0.15) is 51.2 Å². The first kappa shape index (κ1) is 25.3. The lowest BCUT2D eigenvalue weighted by Crippen LogP contribution is -2.44. The van der Waals surface area contributed by atoms with Crippen molar-refractivity contribution in [1.29, 1.82) is 0 Å². The fourth-order valence-electron chi connectivity index (χ4n) is 4.35. The lowest BCUT2D eigenvalue weighted by molar-refractivity contribution is -0.143. The van der Waals surface area contributed by atoms with E-state index in [1.807, 2.05) is 38.1 Å². The minimum absolute atomic E-state index is 0.00778. The maximum atomic E-state index is 12.6. The normalized spacial score (nSPS) is 14.3. The molecule has 0 radical (unpaired) electrons. The Morgan fingerprint density at radius 2 is 1.47 bits per heavy atom. The van der Waals surface area contributed by atoms with E-state index >= 15 is 0 Å². The third-order valence-electron chi connectivity index (χ3n) is 6.50. The fraction of sp³-hybridized carbons (Fsp3) is 0.444. The van der Waals surface area contributed by atoms with Crippen LogP contribution in [0.15, 0.2) is 48.5 Å². The third-order valence-corrected chi connectivity index (χ3v) is 6.50. The topological polar surface area (TPSA) is 105 Å². The van der Waals surface area contributed by atoms with Crippen LogP contribution in [0.3, 0.4) is 0 Å². The molecule has 0 bridgehead atoms. The van der Waals surface area contributed by atoms with Crippen molar-refractivity contribution in [2.75, 3.05) is 13.2 Å². The summed E-state index contributed by atoms with van der Waals surface area (Å²) >= 11 is 0. The minimum Gasteiger partial charge on any atom is -0.481 e. The minimum atomic E-state index is -0.938. The highest BCUT2D eigenvalue weighted by molar-refractivity contribution is 5.80. The number of ether oxygens (including phenoxy) is 1. The summed E-state index contributed by atoms with van der Waals surface area (Å²) in [7, 11) is 0. The van der Waals surface area contributed by atoms with Gasteiger partial charge in [-0.15, -0.1) is 0 Å². The molecule has 7 heteroatoms. The molecular weight excluding hydrogens is 432 g/mol. The number of carbonyl (C=O) groups excluding carboxylic acids is 2. The standard InChI is InChI=1S/C27H34N2O5/c1-16(2)22(26(31)32)14-28-25(30)13-24(17(3)4)29-27(33)34-15-23-20-11-7-5-9-18(20)19-10-6-8-12-21(19)23/h5-12,16-17,22-24H,13-15H2,1-4H3,(H,28,30)(H,29,33)(H,31,32)/t22?,24-/m1/s1. The number of alkyl carbamates (subject to hydrolysis) is 1. The zero-order valence-electron chi connectivity index (χ0n) is 20.2. The summed E-state index contributed by atoms with van der Waals surface area (Å²) in [6, 6.07) is 15.8. The maximum absolute atomic E-state index is 12.6. The molecule has 1 aliphatic carbocycles. The molecule has 2 amide bonds. The Labute approximate surface area is 200 Å². The first-order valence-electron chi connectivity index (χ1n) is 11.8. The van der Waals surface area contributed by atoms with Crippen molar-refractivity contribution in [3.63, 3.8) is 0 Å². The van der Waals surface area contributed by atoms with Crippen LogP contribution in [0.25, 0.3) is 11.1 Å². The van der Waals surface area contributed by atoms with E-state index in [0.717, 1.165) is 22.3 Å². The SMILES string of the molecule is CC(C)C(CNC(=O)C[C@@H](NC(=O)OCC1c2ccccc2-c2ccccc21)C(C)C)C(=O)O. The van der Waals surface area contributed by atoms with Crippen molar-refractivity contribution >= 4 is 18.0 Å². The van der Waals surface area contributed by atoms with Crippen molar-refractivity contribution < 1.29 is 24.2 Å². The van der Waals surface area contributed by atoms with E-state index in [9.17, 15) is 19.5 Å². The highest BCUT2D eigenvalue weighted by Gasteiger charge is 2.30. The fourth-order valence-corrected chi connectivity index (χ4v) is 4.35. The maximum Gasteiger partial charge on any atom is 0.407 e. The van der Waals surface area contributed by atoms with Crippen molar-refractivity contribution in [3.05, 3.63) is 59.7 Å². The molecule has 182 valence electrons. The van der Waals surface area contributed by atoms with Gasteiger partial charge in [0, 0.05) is 24.9 Å². The second-order valence-corrected chi connectivity index (χ2v) is 9.52. The second kappa shape index (κ2) is 11.2. The number of carboxylic acids is 1. The molecular formula is C27H34N2O5. The molecule has 3 N–H and O–H groups in total. The zero-order chi connectivity index (χ0) is 24.8. The second-order valence-electron chi connectivity index (χ2n) is 9.52. The zero-order valence-corrected chi connectivity index (χ0v) is 20.2. The molecule has 34 heavy (non-hydrogen) atoms. The highest BCUT2D eigenvalue weighted by Crippen LogP contribution is 2.44. The van der Waals surface area contributed by atoms with Crippen LogP contribution in [-0.4, -0.2) is 42.3 Å². The van der Waals surface area contributed by atoms with Gasteiger partial charge < -0.3 is 20.5 Å². The molecule has 3 rings (SSSR count). The molecule has 0 aliphatic heterocycles. The summed E-state index contributed by atoms with van der Waals surface area (Å²) in [5.74, 6) is -2.04. The molecule has 0 saturated heterocycles. The Morgan fingerprint density at radius 3 is 1.97 bits per heavy atom. The van der Waals surface area contributed by atoms with Crippen molar-refractivity contribution in [2.45, 2.75) is 46.1 Å². The summed E-state index contributed by atoms with van der Waals surface area (Å²) in [5.41, 5.74) is 4.58. The van der Waals surface area contributed by atoms with Crippen LogP contribution in [0.5, 0.6) is 0 Å². The molecule has 2 atom stereocenters. The average Bonchev–Trinajstić information content (AvgIpc) is 3.10. The van der Waals surface area contributed by atoms with Crippen molar-refractivity contribution in [1.82, 2.24) is 10.6 Å². The first-order valence-corrected chi connectivity index (χ1v) is 11.8. The van der Waals surface area contributed by atoms with Gasteiger partial charge >= 0.3 is 12.1 Å². The van der Waals surface area contributed by atoms with Gasteiger partial charge in [0.1, 0.15) is 6.61 Å². The van der Waals surface area contributed by atoms with E-state index in [0.29, 0.717) is 0 Å². The van der Waals surface area contributed by atoms with Gasteiger partial charge in [-0.05, 0) is 34.1 Å². The molecule has 7 nitrogen and oxygen atoms in total. The largest absolute Gasteiger partial charge is 0.481 e. The Hall–Kier alpha value is -3.35. The molecule has 0 spiro atoms. The van der Waals surface area contributed by atoms with Gasteiger partial charge in [0.15, 0.2) is 0 Å². The summed E-state index contributed by atoms with van der Waals surface area (Å²) in [4.78, 5) is 36.4. The van der Waals surface area contributed by atoms with Crippen LogP contribution in [-0.2, 0) is 14.3 Å². The van der Waals surface area contributed by atoms with Gasteiger partial charge in [-0.25, -0.2) is 4.79 Å². The molecule has 2 aromatic carbocycles. The first-order chi connectivity index (χ1) is 16.2. The molecule has 0 saturated carbocycles. The average molecular weight is 467 g/mol. The van der Waals surface area contributed by atoms with Crippen LogP contribution < -0.4 is 10.6 Å². The van der Waals surface area contributed by atoms with Gasteiger partial charge in [-0.3, -0.25) is 9.59 Å². The number of hydrogen-bond acceptors (Lipinski definition) is 4. The quantitative estimate of drug-likeness (QED) is 0.481. The predicted molar refractivity (Wildman–Crippen MR) is 130 cm³/mol. The van der Waals surface area contributed by atoms with Gasteiger partial charge in [0.25, 0.3) is 0 Å². The number of carboxylic acid groups (broad SMARTS) is 1. The van der Waals surface area contributed by atoms with Gasteiger partial charge in [-0.2, -0.15) is 0 Å². The van der Waals surface area contributed by atoms with E-state index in [2.05, 4.69) is 34.9 Å². The van der Waals surface area contributed by atoms with Gasteiger partial charge in [0.05, 0.1) is 5.92 Å². The van der Waals surface area contributed by atoms with E-state index < -0.39 is 24.0 Å². The number of aliphatic carboxylic acids is 1. The number of amides is 2. The number of hydrogen-bond donors (Lipinski definition) is 3. The number of nitrogens with one attached hydrogen (secondary N) is 2. The molecule has 0 aromatic heterocycles.